The number of hydrogen-bond acceptors (Lipinski definition) is 4. The zero-order valence-electron chi connectivity index (χ0n) is 13.7. The lowest BCUT2D eigenvalue weighted by molar-refractivity contribution is -0.137. The van der Waals surface area contributed by atoms with Crippen molar-refractivity contribution in [2.45, 2.75) is 19.0 Å². The van der Waals surface area contributed by atoms with E-state index in [0.717, 1.165) is 25.0 Å². The number of carbonyl (C=O) groups excluding carboxylic acids is 1. The van der Waals surface area contributed by atoms with Crippen LogP contribution in [0.5, 0.6) is 0 Å². The lowest BCUT2D eigenvalue weighted by Crippen LogP contribution is -2.31. The largest absolute Gasteiger partial charge is 0.416 e. The van der Waals surface area contributed by atoms with Gasteiger partial charge >= 0.3 is 18.0 Å². The number of fused-ring (bicyclic) bond motifs is 2. The van der Waals surface area contributed by atoms with Crippen molar-refractivity contribution >= 4 is 5.91 Å². The van der Waals surface area contributed by atoms with Gasteiger partial charge in [0.05, 0.1) is 5.56 Å². The molecule has 26 heavy (non-hydrogen) atoms. The van der Waals surface area contributed by atoms with Gasteiger partial charge in [-0.25, -0.2) is 0 Å². The fraction of sp³-hybridized carbons (Fsp3) is 0.389. The molecule has 2 bridgehead atoms. The number of carbonyl (C=O) groups is 1. The van der Waals surface area contributed by atoms with E-state index in [1.54, 1.807) is 0 Å². The zero-order chi connectivity index (χ0) is 18.3. The summed E-state index contributed by atoms with van der Waals surface area (Å²) in [4.78, 5) is 16.1. The van der Waals surface area contributed by atoms with Crippen LogP contribution in [-0.4, -0.2) is 22.6 Å². The van der Waals surface area contributed by atoms with E-state index in [1.807, 2.05) is 0 Å². The highest BCUT2D eigenvalue weighted by molar-refractivity contribution is 5.89. The first-order chi connectivity index (χ1) is 12.4. The average molecular weight is 363 g/mol. The number of halogens is 3. The molecule has 2 aromatic rings. The summed E-state index contributed by atoms with van der Waals surface area (Å²) in [6, 6.07) is 4.37. The lowest BCUT2D eigenvalue weighted by Gasteiger charge is -2.17. The van der Waals surface area contributed by atoms with Crippen molar-refractivity contribution in [3.05, 3.63) is 47.9 Å². The molecule has 1 aromatic carbocycles. The summed E-state index contributed by atoms with van der Waals surface area (Å²) in [5.74, 6) is 0.973. The molecule has 1 N–H and O–H groups in total. The molecule has 0 unspecified atom stereocenters. The number of amides is 1. The van der Waals surface area contributed by atoms with Crippen molar-refractivity contribution in [1.82, 2.24) is 15.5 Å². The molecule has 0 spiro atoms. The van der Waals surface area contributed by atoms with Crippen molar-refractivity contribution in [3.8, 4) is 11.4 Å². The van der Waals surface area contributed by atoms with Gasteiger partial charge in [0.2, 0.25) is 5.82 Å². The van der Waals surface area contributed by atoms with Gasteiger partial charge in [0, 0.05) is 12.1 Å². The quantitative estimate of drug-likeness (QED) is 0.841. The van der Waals surface area contributed by atoms with Gasteiger partial charge in [0.1, 0.15) is 0 Å². The molecule has 1 heterocycles. The summed E-state index contributed by atoms with van der Waals surface area (Å²) in [5.41, 5.74) is -0.415. The molecule has 0 aliphatic heterocycles. The van der Waals surface area contributed by atoms with Gasteiger partial charge in [0.25, 0.3) is 0 Å². The van der Waals surface area contributed by atoms with E-state index in [4.69, 9.17) is 4.52 Å². The van der Waals surface area contributed by atoms with Gasteiger partial charge < -0.3 is 9.84 Å². The summed E-state index contributed by atoms with van der Waals surface area (Å²) in [6.07, 6.45) is 2.26. The van der Waals surface area contributed by atoms with Crippen LogP contribution in [0.25, 0.3) is 11.4 Å². The molecule has 0 radical (unpaired) electrons. The Hall–Kier alpha value is -2.64. The van der Waals surface area contributed by atoms with E-state index in [1.165, 1.54) is 12.1 Å². The van der Waals surface area contributed by atoms with Crippen LogP contribution in [0.3, 0.4) is 0 Å². The van der Waals surface area contributed by atoms with E-state index >= 15 is 0 Å². The third kappa shape index (κ3) is 3.23. The van der Waals surface area contributed by atoms with Crippen LogP contribution in [-0.2, 0) is 6.18 Å². The van der Waals surface area contributed by atoms with Crippen LogP contribution in [0, 0.1) is 17.8 Å². The third-order valence-electron chi connectivity index (χ3n) is 5.03. The van der Waals surface area contributed by atoms with E-state index < -0.39 is 17.6 Å². The summed E-state index contributed by atoms with van der Waals surface area (Å²) in [5, 5.41) is 6.48. The molecule has 5 nitrogen and oxygen atoms in total. The minimum atomic E-state index is -4.41. The Bertz CT molecular complexity index is 842. The van der Waals surface area contributed by atoms with E-state index in [0.29, 0.717) is 29.9 Å². The van der Waals surface area contributed by atoms with Crippen molar-refractivity contribution in [3.63, 3.8) is 0 Å². The zero-order valence-corrected chi connectivity index (χ0v) is 13.7. The highest BCUT2D eigenvalue weighted by Gasteiger charge is 2.35. The fourth-order valence-electron chi connectivity index (χ4n) is 3.67. The Labute approximate surface area is 147 Å². The van der Waals surface area contributed by atoms with Crippen molar-refractivity contribution in [2.24, 2.45) is 17.8 Å². The van der Waals surface area contributed by atoms with Crippen LogP contribution in [0.1, 0.15) is 29.1 Å². The lowest BCUT2D eigenvalue weighted by atomic mass is 9.94. The second-order valence-electron chi connectivity index (χ2n) is 6.75. The predicted molar refractivity (Wildman–Crippen MR) is 85.9 cm³/mol. The van der Waals surface area contributed by atoms with Crippen molar-refractivity contribution < 1.29 is 22.5 Å². The average Bonchev–Trinajstić information content (AvgIpc) is 3.35. The Balaban J connectivity index is 1.39. The number of nitrogens with zero attached hydrogens (tertiary/aromatic N) is 2. The van der Waals surface area contributed by atoms with Crippen molar-refractivity contribution in [2.75, 3.05) is 6.54 Å². The number of nitrogens with one attached hydrogen (secondary N) is 1. The van der Waals surface area contributed by atoms with Gasteiger partial charge in [-0.2, -0.15) is 18.2 Å². The Morgan fingerprint density at radius 3 is 2.58 bits per heavy atom. The number of alkyl halides is 3. The standard InChI is InChI=1S/C18H16F3N3O2/c19-18(20,21)14-5-3-11(4-6-14)15-23-17(26-24-15)16(25)22-9-13-8-10-1-2-12(13)7-10/h1-6,10,12-13H,7-9H2,(H,22,25)/t10-,12-,13-/m0/s1. The maximum absolute atomic E-state index is 12.6. The molecule has 0 saturated heterocycles. The first-order valence-corrected chi connectivity index (χ1v) is 8.38. The van der Waals surface area contributed by atoms with Crippen molar-refractivity contribution in [1.29, 1.82) is 0 Å². The Morgan fingerprint density at radius 2 is 1.96 bits per heavy atom. The first kappa shape index (κ1) is 16.8. The summed E-state index contributed by atoms with van der Waals surface area (Å²) in [7, 11) is 0. The molecule has 3 atom stereocenters. The maximum atomic E-state index is 12.6. The fourth-order valence-corrected chi connectivity index (χ4v) is 3.67. The normalized spacial score (nSPS) is 24.2. The third-order valence-corrected chi connectivity index (χ3v) is 5.03. The molecule has 1 fully saturated rings. The van der Waals surface area contributed by atoms with Crippen LogP contribution >= 0.6 is 0 Å². The minimum absolute atomic E-state index is 0.0757. The van der Waals surface area contributed by atoms with E-state index in [9.17, 15) is 18.0 Å². The van der Waals surface area contributed by atoms with Gasteiger partial charge in [-0.3, -0.25) is 4.79 Å². The van der Waals surface area contributed by atoms with Crippen LogP contribution in [0.4, 0.5) is 13.2 Å². The minimum Gasteiger partial charge on any atom is -0.348 e. The highest BCUT2D eigenvalue weighted by Crippen LogP contribution is 2.42. The molecule has 8 heteroatoms. The number of hydrogen-bond donors (Lipinski definition) is 1. The summed E-state index contributed by atoms with van der Waals surface area (Å²) < 4.78 is 42.7. The molecule has 2 aliphatic rings. The smallest absolute Gasteiger partial charge is 0.348 e. The molecule has 136 valence electrons. The molecule has 1 amide bonds. The monoisotopic (exact) mass is 363 g/mol. The molecular weight excluding hydrogens is 347 g/mol. The van der Waals surface area contributed by atoms with Crippen LogP contribution in [0.2, 0.25) is 0 Å². The number of benzene rings is 1. The second-order valence-corrected chi connectivity index (χ2v) is 6.75. The van der Waals surface area contributed by atoms with Gasteiger partial charge in [-0.05, 0) is 42.7 Å². The van der Waals surface area contributed by atoms with Gasteiger partial charge in [-0.15, -0.1) is 0 Å². The topological polar surface area (TPSA) is 68.0 Å². The summed E-state index contributed by atoms with van der Waals surface area (Å²) >= 11 is 0. The van der Waals surface area contributed by atoms with Crippen LogP contribution in [0.15, 0.2) is 40.9 Å². The van der Waals surface area contributed by atoms with Gasteiger partial charge in [0.15, 0.2) is 0 Å². The van der Waals surface area contributed by atoms with E-state index in [2.05, 4.69) is 27.6 Å². The molecule has 2 aliphatic carbocycles. The second kappa shape index (κ2) is 6.26. The van der Waals surface area contributed by atoms with E-state index in [-0.39, 0.29) is 11.7 Å². The Kier molecular flexibility index (Phi) is 4.05. The molecule has 1 aromatic heterocycles. The molecule has 1 saturated carbocycles. The first-order valence-electron chi connectivity index (χ1n) is 8.38. The number of allylic oxidation sites excluding steroid dienone is 2. The summed E-state index contributed by atoms with van der Waals surface area (Å²) in [6.45, 7) is 0.544. The van der Waals surface area contributed by atoms with Gasteiger partial charge in [-0.1, -0.05) is 29.4 Å². The highest BCUT2D eigenvalue weighted by atomic mass is 19.4. The maximum Gasteiger partial charge on any atom is 0.416 e. The SMILES string of the molecule is O=C(NC[C@@H]1C[C@H]2C=C[C@H]1C2)c1nc(-c2ccc(C(F)(F)F)cc2)no1. The molecular formula is C18H16F3N3O2. The predicted octanol–water partition coefficient (Wildman–Crippen LogP) is 3.70. The number of aromatic nitrogens is 2. The number of rotatable bonds is 4. The Morgan fingerprint density at radius 1 is 1.19 bits per heavy atom. The molecule has 4 rings (SSSR count). The van der Waals surface area contributed by atoms with Crippen LogP contribution < -0.4 is 5.32 Å².